The molecule has 0 bridgehead atoms. The summed E-state index contributed by atoms with van der Waals surface area (Å²) in [5.41, 5.74) is 6.67. The van der Waals surface area contributed by atoms with E-state index in [0.717, 1.165) is 18.9 Å². The minimum absolute atomic E-state index is 0.513. The van der Waals surface area contributed by atoms with Crippen molar-refractivity contribution >= 4 is 5.82 Å². The SMILES string of the molecule is CC1CNNC1C1CCCN1c1cnccn1. The Hall–Kier alpha value is -1.20. The zero-order valence-electron chi connectivity index (χ0n) is 10.1. The highest BCUT2D eigenvalue weighted by atomic mass is 15.4. The normalized spacial score (nSPS) is 33.2. The van der Waals surface area contributed by atoms with Crippen LogP contribution in [0.15, 0.2) is 18.6 Å². The van der Waals surface area contributed by atoms with Crippen molar-refractivity contribution in [3.05, 3.63) is 18.6 Å². The Morgan fingerprint density at radius 2 is 2.35 bits per heavy atom. The average Bonchev–Trinajstić information content (AvgIpc) is 2.98. The lowest BCUT2D eigenvalue weighted by Crippen LogP contribution is -2.48. The van der Waals surface area contributed by atoms with Crippen molar-refractivity contribution in [3.8, 4) is 0 Å². The lowest BCUT2D eigenvalue weighted by atomic mass is 9.95. The lowest BCUT2D eigenvalue weighted by molar-refractivity contribution is 0.401. The van der Waals surface area contributed by atoms with Crippen LogP contribution in [0.5, 0.6) is 0 Å². The third kappa shape index (κ3) is 2.00. The van der Waals surface area contributed by atoms with E-state index >= 15 is 0 Å². The van der Waals surface area contributed by atoms with Crippen molar-refractivity contribution in [3.63, 3.8) is 0 Å². The Labute approximate surface area is 102 Å². The number of anilines is 1. The number of nitrogens with one attached hydrogen (secondary N) is 2. The van der Waals surface area contributed by atoms with Gasteiger partial charge in [-0.05, 0) is 18.8 Å². The number of hydrogen-bond donors (Lipinski definition) is 2. The fourth-order valence-electron chi connectivity index (χ4n) is 2.97. The van der Waals surface area contributed by atoms with E-state index in [1.54, 1.807) is 12.4 Å². The van der Waals surface area contributed by atoms with Crippen molar-refractivity contribution in [2.45, 2.75) is 31.8 Å². The zero-order chi connectivity index (χ0) is 11.7. The predicted octanol–water partition coefficient (Wildman–Crippen LogP) is 0.558. The second kappa shape index (κ2) is 4.58. The van der Waals surface area contributed by atoms with Crippen LogP contribution < -0.4 is 15.8 Å². The van der Waals surface area contributed by atoms with Gasteiger partial charge in [0.25, 0.3) is 0 Å². The van der Waals surface area contributed by atoms with Crippen molar-refractivity contribution in [1.82, 2.24) is 20.8 Å². The van der Waals surface area contributed by atoms with Crippen LogP contribution in [0.2, 0.25) is 0 Å². The summed E-state index contributed by atoms with van der Waals surface area (Å²) in [6.07, 6.45) is 7.85. The van der Waals surface area contributed by atoms with Gasteiger partial charge in [0.1, 0.15) is 5.82 Å². The maximum Gasteiger partial charge on any atom is 0.147 e. The van der Waals surface area contributed by atoms with Gasteiger partial charge >= 0.3 is 0 Å². The highest BCUT2D eigenvalue weighted by molar-refractivity contribution is 5.39. The summed E-state index contributed by atoms with van der Waals surface area (Å²) in [5.74, 6) is 1.67. The van der Waals surface area contributed by atoms with Gasteiger partial charge in [0.15, 0.2) is 0 Å². The van der Waals surface area contributed by atoms with Crippen LogP contribution in [0, 0.1) is 5.92 Å². The molecule has 5 heteroatoms. The lowest BCUT2D eigenvalue weighted by Gasteiger charge is -2.31. The Bertz CT molecular complexity index is 368. The van der Waals surface area contributed by atoms with Crippen LogP contribution in [0.1, 0.15) is 19.8 Å². The smallest absolute Gasteiger partial charge is 0.147 e. The molecule has 0 aliphatic carbocycles. The first kappa shape index (κ1) is 10.9. The summed E-state index contributed by atoms with van der Waals surface area (Å²) < 4.78 is 0. The fourth-order valence-corrected chi connectivity index (χ4v) is 2.97. The highest BCUT2D eigenvalue weighted by Crippen LogP contribution is 2.28. The molecule has 0 aromatic carbocycles. The van der Waals surface area contributed by atoms with Crippen LogP contribution in [0.25, 0.3) is 0 Å². The van der Waals surface area contributed by atoms with E-state index in [1.165, 1.54) is 12.8 Å². The molecule has 0 spiro atoms. The molecule has 2 saturated heterocycles. The molecular formula is C12H19N5. The number of aromatic nitrogens is 2. The van der Waals surface area contributed by atoms with Gasteiger partial charge in [0, 0.05) is 37.6 Å². The van der Waals surface area contributed by atoms with E-state index in [-0.39, 0.29) is 0 Å². The second-order valence-corrected chi connectivity index (χ2v) is 4.99. The predicted molar refractivity (Wildman–Crippen MR) is 66.5 cm³/mol. The first-order valence-corrected chi connectivity index (χ1v) is 6.37. The van der Waals surface area contributed by atoms with E-state index in [9.17, 15) is 0 Å². The van der Waals surface area contributed by atoms with Crippen molar-refractivity contribution in [1.29, 1.82) is 0 Å². The molecule has 92 valence electrons. The maximum atomic E-state index is 4.42. The molecule has 17 heavy (non-hydrogen) atoms. The molecule has 0 saturated carbocycles. The summed E-state index contributed by atoms with van der Waals surface area (Å²) in [4.78, 5) is 11.0. The number of nitrogens with zero attached hydrogens (tertiary/aromatic N) is 3. The van der Waals surface area contributed by atoms with Gasteiger partial charge < -0.3 is 4.90 Å². The molecular weight excluding hydrogens is 214 g/mol. The summed E-state index contributed by atoms with van der Waals surface area (Å²) in [6.45, 7) is 4.44. The molecule has 2 fully saturated rings. The molecule has 0 amide bonds. The fraction of sp³-hybridized carbons (Fsp3) is 0.667. The number of hydrazine groups is 1. The standard InChI is InChI=1S/C12H19N5/c1-9-7-15-16-12(9)10-3-2-6-17(10)11-8-13-4-5-14-11/h4-5,8-10,12,15-16H,2-3,6-7H2,1H3. The van der Waals surface area contributed by atoms with Gasteiger partial charge in [-0.15, -0.1) is 0 Å². The summed E-state index contributed by atoms with van der Waals surface area (Å²) in [7, 11) is 0. The molecule has 2 N–H and O–H groups in total. The Morgan fingerprint density at radius 3 is 3.06 bits per heavy atom. The van der Waals surface area contributed by atoms with Crippen molar-refractivity contribution < 1.29 is 0 Å². The van der Waals surface area contributed by atoms with Crippen LogP contribution in [-0.2, 0) is 0 Å². The van der Waals surface area contributed by atoms with Gasteiger partial charge in [-0.2, -0.15) is 0 Å². The molecule has 3 atom stereocenters. The third-order valence-corrected chi connectivity index (χ3v) is 3.86. The van der Waals surface area contributed by atoms with Crippen molar-refractivity contribution in [2.75, 3.05) is 18.0 Å². The van der Waals surface area contributed by atoms with E-state index < -0.39 is 0 Å². The first-order valence-electron chi connectivity index (χ1n) is 6.37. The van der Waals surface area contributed by atoms with Crippen LogP contribution >= 0.6 is 0 Å². The monoisotopic (exact) mass is 233 g/mol. The molecule has 3 heterocycles. The molecule has 2 aliphatic heterocycles. The first-order chi connectivity index (χ1) is 8.36. The van der Waals surface area contributed by atoms with E-state index in [4.69, 9.17) is 0 Å². The third-order valence-electron chi connectivity index (χ3n) is 3.86. The molecule has 3 unspecified atom stereocenters. The van der Waals surface area contributed by atoms with E-state index in [2.05, 4.69) is 32.6 Å². The summed E-state index contributed by atoms with van der Waals surface area (Å²) >= 11 is 0. The van der Waals surface area contributed by atoms with Gasteiger partial charge in [-0.25, -0.2) is 4.98 Å². The quantitative estimate of drug-likeness (QED) is 0.781. The minimum Gasteiger partial charge on any atom is -0.351 e. The molecule has 5 nitrogen and oxygen atoms in total. The second-order valence-electron chi connectivity index (χ2n) is 4.99. The van der Waals surface area contributed by atoms with Gasteiger partial charge in [0.2, 0.25) is 0 Å². The highest BCUT2D eigenvalue weighted by Gasteiger charge is 2.37. The zero-order valence-corrected chi connectivity index (χ0v) is 10.1. The van der Waals surface area contributed by atoms with E-state index in [0.29, 0.717) is 18.0 Å². The summed E-state index contributed by atoms with van der Waals surface area (Å²) in [6, 6.07) is 1.05. The maximum absolute atomic E-state index is 4.42. The molecule has 2 aliphatic rings. The van der Waals surface area contributed by atoms with Crippen LogP contribution in [0.3, 0.4) is 0 Å². The van der Waals surface area contributed by atoms with Crippen LogP contribution in [-0.4, -0.2) is 35.1 Å². The Kier molecular flexibility index (Phi) is 2.94. The molecule has 1 aromatic rings. The Morgan fingerprint density at radius 1 is 1.41 bits per heavy atom. The van der Waals surface area contributed by atoms with Gasteiger partial charge in [0.05, 0.1) is 6.20 Å². The minimum atomic E-state index is 0.513. The molecule has 1 aromatic heterocycles. The largest absolute Gasteiger partial charge is 0.351 e. The number of hydrogen-bond acceptors (Lipinski definition) is 5. The van der Waals surface area contributed by atoms with Crippen LogP contribution in [0.4, 0.5) is 5.82 Å². The summed E-state index contributed by atoms with van der Waals surface area (Å²) in [5, 5.41) is 0. The van der Waals surface area contributed by atoms with Gasteiger partial charge in [-0.3, -0.25) is 15.8 Å². The number of rotatable bonds is 2. The Balaban J connectivity index is 1.80. The molecule has 0 radical (unpaired) electrons. The van der Waals surface area contributed by atoms with Gasteiger partial charge in [-0.1, -0.05) is 6.92 Å². The molecule has 3 rings (SSSR count). The van der Waals surface area contributed by atoms with E-state index in [1.807, 2.05) is 6.20 Å². The average molecular weight is 233 g/mol. The van der Waals surface area contributed by atoms with Crippen molar-refractivity contribution in [2.24, 2.45) is 5.92 Å². The topological polar surface area (TPSA) is 53.1 Å².